The average molecular weight is 395 g/mol. The molecule has 1 aromatic heterocycles. The van der Waals surface area contributed by atoms with Gasteiger partial charge in [0, 0.05) is 23.1 Å². The molecule has 2 heterocycles. The molecule has 152 valence electrons. The first-order valence-corrected chi connectivity index (χ1v) is 10.1. The second-order valence-electron chi connectivity index (χ2n) is 7.27. The number of methoxy groups -OCH3 is 1. The summed E-state index contributed by atoms with van der Waals surface area (Å²) in [5.41, 5.74) is 2.45. The van der Waals surface area contributed by atoms with Crippen LogP contribution in [0.4, 0.5) is 5.69 Å². The molecule has 0 saturated carbocycles. The van der Waals surface area contributed by atoms with Crippen molar-refractivity contribution < 1.29 is 18.8 Å². The minimum atomic E-state index is -0.315. The first-order valence-electron chi connectivity index (χ1n) is 10.1. The Morgan fingerprint density at radius 1 is 1.10 bits per heavy atom. The van der Waals surface area contributed by atoms with Gasteiger partial charge >= 0.3 is 5.63 Å². The van der Waals surface area contributed by atoms with Crippen molar-refractivity contribution in [3.63, 3.8) is 0 Å². The van der Waals surface area contributed by atoms with E-state index in [4.69, 9.17) is 13.9 Å². The van der Waals surface area contributed by atoms with Crippen LogP contribution in [-0.4, -0.2) is 39.9 Å². The molecule has 1 aliphatic heterocycles. The van der Waals surface area contributed by atoms with Gasteiger partial charge in [-0.15, -0.1) is 0 Å². The van der Waals surface area contributed by atoms with Crippen LogP contribution in [0.5, 0.6) is 11.5 Å². The predicted octanol–water partition coefficient (Wildman–Crippen LogP) is 2.11. The minimum absolute atomic E-state index is 0.315. The Kier molecular flexibility index (Phi) is 5.71. The third-order valence-electron chi connectivity index (χ3n) is 5.45. The van der Waals surface area contributed by atoms with E-state index in [1.54, 1.807) is 19.2 Å². The van der Waals surface area contributed by atoms with E-state index in [0.717, 1.165) is 55.1 Å². The van der Waals surface area contributed by atoms with Crippen molar-refractivity contribution in [1.29, 1.82) is 0 Å². The molecule has 3 aromatic rings. The van der Waals surface area contributed by atoms with E-state index in [0.29, 0.717) is 17.9 Å². The summed E-state index contributed by atoms with van der Waals surface area (Å²) in [5.74, 6) is 1.63. The van der Waals surface area contributed by atoms with Crippen LogP contribution in [0.15, 0.2) is 57.7 Å². The Morgan fingerprint density at radius 3 is 2.66 bits per heavy atom. The summed E-state index contributed by atoms with van der Waals surface area (Å²) in [5, 5.41) is 0.974. The Morgan fingerprint density at radius 2 is 1.90 bits per heavy atom. The van der Waals surface area contributed by atoms with Crippen LogP contribution in [0.2, 0.25) is 0 Å². The van der Waals surface area contributed by atoms with Gasteiger partial charge < -0.3 is 23.7 Å². The molecule has 0 spiro atoms. The van der Waals surface area contributed by atoms with Crippen LogP contribution >= 0.6 is 0 Å². The SMILES string of the molecule is CCOc1ccccc1N1CC[NH+](Cc2cc(=O)oc3cc(OC)ccc23)CC1. The van der Waals surface area contributed by atoms with Crippen LogP contribution in [0.1, 0.15) is 12.5 Å². The highest BCUT2D eigenvalue weighted by molar-refractivity contribution is 5.81. The number of anilines is 1. The van der Waals surface area contributed by atoms with Crippen molar-refractivity contribution >= 4 is 16.7 Å². The van der Waals surface area contributed by atoms with Gasteiger partial charge in [-0.1, -0.05) is 12.1 Å². The maximum atomic E-state index is 12.0. The summed E-state index contributed by atoms with van der Waals surface area (Å²) in [6, 6.07) is 15.5. The molecule has 0 amide bonds. The first-order chi connectivity index (χ1) is 14.2. The van der Waals surface area contributed by atoms with E-state index < -0.39 is 0 Å². The van der Waals surface area contributed by atoms with Crippen LogP contribution in [-0.2, 0) is 6.54 Å². The lowest BCUT2D eigenvalue weighted by atomic mass is 10.1. The summed E-state index contributed by atoms with van der Waals surface area (Å²) in [6.07, 6.45) is 0. The maximum absolute atomic E-state index is 12.0. The Balaban J connectivity index is 1.49. The van der Waals surface area contributed by atoms with Gasteiger partial charge in [0.15, 0.2) is 0 Å². The molecule has 0 bridgehead atoms. The molecule has 0 atom stereocenters. The molecule has 0 aliphatic carbocycles. The van der Waals surface area contributed by atoms with Crippen molar-refractivity contribution in [3.8, 4) is 11.5 Å². The summed E-state index contributed by atoms with van der Waals surface area (Å²) in [7, 11) is 1.61. The summed E-state index contributed by atoms with van der Waals surface area (Å²) >= 11 is 0. The van der Waals surface area contributed by atoms with Crippen molar-refractivity contribution in [1.82, 2.24) is 0 Å². The van der Waals surface area contributed by atoms with Crippen molar-refractivity contribution in [2.45, 2.75) is 13.5 Å². The number of fused-ring (bicyclic) bond motifs is 1. The molecule has 0 unspecified atom stereocenters. The highest BCUT2D eigenvalue weighted by Crippen LogP contribution is 2.28. The zero-order valence-electron chi connectivity index (χ0n) is 16.9. The Bertz CT molecular complexity index is 1040. The Hall–Kier alpha value is -2.99. The van der Waals surface area contributed by atoms with Gasteiger partial charge in [-0.2, -0.15) is 0 Å². The zero-order chi connectivity index (χ0) is 20.2. The fraction of sp³-hybridized carbons (Fsp3) is 0.348. The molecule has 4 rings (SSSR count). The number of rotatable bonds is 6. The third-order valence-corrected chi connectivity index (χ3v) is 5.45. The number of nitrogens with zero attached hydrogens (tertiary/aromatic N) is 1. The van der Waals surface area contributed by atoms with Crippen LogP contribution < -0.4 is 24.9 Å². The van der Waals surface area contributed by atoms with Gasteiger partial charge in [0.25, 0.3) is 0 Å². The fourth-order valence-corrected chi connectivity index (χ4v) is 3.99. The number of quaternary nitrogens is 1. The molecule has 2 aromatic carbocycles. The van der Waals surface area contributed by atoms with Crippen LogP contribution in [0.3, 0.4) is 0 Å². The number of benzene rings is 2. The molecule has 1 fully saturated rings. The van der Waals surface area contributed by atoms with Crippen LogP contribution in [0, 0.1) is 0 Å². The largest absolute Gasteiger partial charge is 0.497 e. The number of nitrogens with one attached hydrogen (secondary N) is 1. The minimum Gasteiger partial charge on any atom is -0.497 e. The quantitative estimate of drug-likeness (QED) is 0.648. The topological polar surface area (TPSA) is 56.4 Å². The van der Waals surface area contributed by atoms with E-state index in [1.165, 1.54) is 4.90 Å². The maximum Gasteiger partial charge on any atom is 0.336 e. The van der Waals surface area contributed by atoms with Gasteiger partial charge in [0.2, 0.25) is 0 Å². The number of hydrogen-bond donors (Lipinski definition) is 1. The highest BCUT2D eigenvalue weighted by Gasteiger charge is 2.23. The number of piperazine rings is 1. The molecule has 1 aliphatic rings. The highest BCUT2D eigenvalue weighted by atomic mass is 16.5. The van der Waals surface area contributed by atoms with Crippen molar-refractivity contribution in [2.24, 2.45) is 0 Å². The van der Waals surface area contributed by atoms with Gasteiger partial charge in [-0.25, -0.2) is 4.79 Å². The van der Waals surface area contributed by atoms with E-state index in [1.807, 2.05) is 31.2 Å². The summed E-state index contributed by atoms with van der Waals surface area (Å²) < 4.78 is 16.4. The van der Waals surface area contributed by atoms with E-state index in [-0.39, 0.29) is 5.63 Å². The lowest BCUT2D eigenvalue weighted by Crippen LogP contribution is -3.13. The Labute approximate surface area is 170 Å². The summed E-state index contributed by atoms with van der Waals surface area (Å²) in [6.45, 7) is 7.37. The van der Waals surface area contributed by atoms with Gasteiger partial charge in [-0.3, -0.25) is 0 Å². The fourth-order valence-electron chi connectivity index (χ4n) is 3.99. The van der Waals surface area contributed by atoms with Gasteiger partial charge in [-0.05, 0) is 31.2 Å². The predicted molar refractivity (Wildman–Crippen MR) is 113 cm³/mol. The van der Waals surface area contributed by atoms with Crippen molar-refractivity contribution in [3.05, 3.63) is 64.5 Å². The molecule has 29 heavy (non-hydrogen) atoms. The second-order valence-corrected chi connectivity index (χ2v) is 7.27. The molecule has 1 saturated heterocycles. The zero-order valence-corrected chi connectivity index (χ0v) is 16.9. The van der Waals surface area contributed by atoms with E-state index in [2.05, 4.69) is 17.0 Å². The third kappa shape index (κ3) is 4.22. The van der Waals surface area contributed by atoms with E-state index in [9.17, 15) is 4.79 Å². The monoisotopic (exact) mass is 395 g/mol. The average Bonchev–Trinajstić information content (AvgIpc) is 2.74. The summed E-state index contributed by atoms with van der Waals surface area (Å²) in [4.78, 5) is 15.9. The molecule has 0 radical (unpaired) electrons. The molecule has 6 heteroatoms. The molecule has 6 nitrogen and oxygen atoms in total. The molecular weight excluding hydrogens is 368 g/mol. The van der Waals surface area contributed by atoms with Crippen LogP contribution in [0.25, 0.3) is 11.0 Å². The normalized spacial score (nSPS) is 14.9. The van der Waals surface area contributed by atoms with Gasteiger partial charge in [0.1, 0.15) is 23.6 Å². The number of hydrogen-bond acceptors (Lipinski definition) is 5. The van der Waals surface area contributed by atoms with Crippen molar-refractivity contribution in [2.75, 3.05) is 44.8 Å². The smallest absolute Gasteiger partial charge is 0.336 e. The first kappa shape index (κ1) is 19.3. The standard InChI is InChI=1S/C23H26N2O4/c1-3-28-21-7-5-4-6-20(21)25-12-10-24(11-13-25)16-17-14-23(26)29-22-15-18(27-2)8-9-19(17)22/h4-9,14-15H,3,10-13,16H2,1-2H3/p+1. The second kappa shape index (κ2) is 8.57. The number of para-hydroxylation sites is 2. The molecular formula is C23H27N2O4+. The van der Waals surface area contributed by atoms with Gasteiger partial charge in [0.05, 0.1) is 45.6 Å². The lowest BCUT2D eigenvalue weighted by Gasteiger charge is -2.34. The lowest BCUT2D eigenvalue weighted by molar-refractivity contribution is -0.914. The number of ether oxygens (including phenoxy) is 2. The van der Waals surface area contributed by atoms with E-state index >= 15 is 0 Å². The molecule has 1 N–H and O–H groups in total.